The standard InChI is InChI=1S/C16H16N4OS/c21-16(11-1-4-13-14(9-11)19-10-18-13)20(12-2-3-12)7-5-15-17-6-8-22-15/h1,4,6,8-10,12H,2-3,5,7H2,(H,18,19). The Morgan fingerprint density at radius 3 is 3.05 bits per heavy atom. The summed E-state index contributed by atoms with van der Waals surface area (Å²) in [6.45, 7) is 0.734. The van der Waals surface area contributed by atoms with Crippen LogP contribution in [0.25, 0.3) is 11.0 Å². The van der Waals surface area contributed by atoms with E-state index in [1.807, 2.05) is 34.7 Å². The van der Waals surface area contributed by atoms with Gasteiger partial charge in [0.15, 0.2) is 0 Å². The van der Waals surface area contributed by atoms with Crippen LogP contribution < -0.4 is 0 Å². The van der Waals surface area contributed by atoms with Gasteiger partial charge in [-0.1, -0.05) is 0 Å². The molecular weight excluding hydrogens is 296 g/mol. The summed E-state index contributed by atoms with van der Waals surface area (Å²) < 4.78 is 0. The number of rotatable bonds is 5. The van der Waals surface area contributed by atoms with Crippen molar-refractivity contribution in [3.05, 3.63) is 46.7 Å². The van der Waals surface area contributed by atoms with E-state index < -0.39 is 0 Å². The van der Waals surface area contributed by atoms with Crippen LogP contribution in [0, 0.1) is 0 Å². The first-order chi connectivity index (χ1) is 10.8. The fourth-order valence-electron chi connectivity index (χ4n) is 2.66. The van der Waals surface area contributed by atoms with Gasteiger partial charge in [0.1, 0.15) is 0 Å². The molecule has 1 saturated carbocycles. The number of carbonyl (C=O) groups excluding carboxylic acids is 1. The second-order valence-corrected chi connectivity index (χ2v) is 6.52. The van der Waals surface area contributed by atoms with Crippen molar-refractivity contribution in [1.82, 2.24) is 19.9 Å². The summed E-state index contributed by atoms with van der Waals surface area (Å²) in [5.74, 6) is 0.107. The molecule has 1 amide bonds. The normalized spacial score (nSPS) is 14.4. The molecule has 1 aliphatic rings. The van der Waals surface area contributed by atoms with Crippen LogP contribution in [0.5, 0.6) is 0 Å². The van der Waals surface area contributed by atoms with Crippen molar-refractivity contribution < 1.29 is 4.79 Å². The molecule has 0 radical (unpaired) electrons. The maximum atomic E-state index is 12.8. The topological polar surface area (TPSA) is 61.9 Å². The minimum Gasteiger partial charge on any atom is -0.345 e. The predicted molar refractivity (Wildman–Crippen MR) is 86.0 cm³/mol. The van der Waals surface area contributed by atoms with E-state index in [-0.39, 0.29) is 5.91 Å². The van der Waals surface area contributed by atoms with E-state index >= 15 is 0 Å². The number of nitrogens with zero attached hydrogens (tertiary/aromatic N) is 3. The number of imidazole rings is 1. The van der Waals surface area contributed by atoms with Crippen LogP contribution in [-0.4, -0.2) is 38.3 Å². The van der Waals surface area contributed by atoms with Crippen molar-refractivity contribution in [3.8, 4) is 0 Å². The van der Waals surface area contributed by atoms with Gasteiger partial charge < -0.3 is 9.88 Å². The summed E-state index contributed by atoms with van der Waals surface area (Å²) in [5, 5.41) is 3.06. The van der Waals surface area contributed by atoms with E-state index in [9.17, 15) is 4.79 Å². The summed E-state index contributed by atoms with van der Waals surface area (Å²) in [6.07, 6.45) is 6.51. The smallest absolute Gasteiger partial charge is 0.254 e. The van der Waals surface area contributed by atoms with Gasteiger partial charge in [-0.15, -0.1) is 11.3 Å². The van der Waals surface area contributed by atoms with Crippen molar-refractivity contribution in [1.29, 1.82) is 0 Å². The summed E-state index contributed by atoms with van der Waals surface area (Å²) in [4.78, 5) is 26.4. The minimum absolute atomic E-state index is 0.107. The number of hydrogen-bond acceptors (Lipinski definition) is 4. The molecule has 6 heteroatoms. The molecule has 5 nitrogen and oxygen atoms in total. The van der Waals surface area contributed by atoms with Crippen LogP contribution in [0.1, 0.15) is 28.2 Å². The quantitative estimate of drug-likeness (QED) is 0.788. The molecule has 0 atom stereocenters. The monoisotopic (exact) mass is 312 g/mol. The third-order valence-corrected chi connectivity index (χ3v) is 4.81. The van der Waals surface area contributed by atoms with E-state index in [1.165, 1.54) is 0 Å². The highest BCUT2D eigenvalue weighted by Crippen LogP contribution is 2.29. The molecule has 1 aliphatic carbocycles. The molecule has 22 heavy (non-hydrogen) atoms. The highest BCUT2D eigenvalue weighted by atomic mass is 32.1. The zero-order chi connectivity index (χ0) is 14.9. The minimum atomic E-state index is 0.107. The third-order valence-electron chi connectivity index (χ3n) is 3.97. The lowest BCUT2D eigenvalue weighted by Crippen LogP contribution is -2.34. The molecule has 4 rings (SSSR count). The Hall–Kier alpha value is -2.21. The second-order valence-electron chi connectivity index (χ2n) is 5.54. The maximum Gasteiger partial charge on any atom is 0.254 e. The first-order valence-corrected chi connectivity index (χ1v) is 8.32. The number of nitrogens with one attached hydrogen (secondary N) is 1. The van der Waals surface area contributed by atoms with E-state index in [0.29, 0.717) is 6.04 Å². The highest BCUT2D eigenvalue weighted by molar-refractivity contribution is 7.09. The van der Waals surface area contributed by atoms with Crippen LogP contribution in [0.15, 0.2) is 36.1 Å². The van der Waals surface area contributed by atoms with E-state index in [4.69, 9.17) is 0 Å². The van der Waals surface area contributed by atoms with Gasteiger partial charge in [0.25, 0.3) is 5.91 Å². The number of H-pyrrole nitrogens is 1. The van der Waals surface area contributed by atoms with E-state index in [2.05, 4.69) is 15.0 Å². The van der Waals surface area contributed by atoms with Crippen LogP contribution >= 0.6 is 11.3 Å². The lowest BCUT2D eigenvalue weighted by atomic mass is 10.1. The van der Waals surface area contributed by atoms with Gasteiger partial charge in [0.05, 0.1) is 22.4 Å². The summed E-state index contributed by atoms with van der Waals surface area (Å²) >= 11 is 1.65. The Bertz CT molecular complexity index is 791. The number of fused-ring (bicyclic) bond motifs is 1. The number of hydrogen-bond donors (Lipinski definition) is 1. The summed E-state index contributed by atoms with van der Waals surface area (Å²) in [6, 6.07) is 6.04. The van der Waals surface area contributed by atoms with Crippen molar-refractivity contribution in [2.75, 3.05) is 6.54 Å². The SMILES string of the molecule is O=C(c1ccc2nc[nH]c2c1)N(CCc1nccs1)C1CC1. The molecule has 1 fully saturated rings. The molecule has 0 unspecified atom stereocenters. The zero-order valence-corrected chi connectivity index (χ0v) is 12.8. The second kappa shape index (κ2) is 5.53. The van der Waals surface area contributed by atoms with Crippen molar-refractivity contribution in [3.63, 3.8) is 0 Å². The van der Waals surface area contributed by atoms with Gasteiger partial charge in [-0.2, -0.15) is 0 Å². The van der Waals surface area contributed by atoms with Crippen LogP contribution in [0.3, 0.4) is 0 Å². The van der Waals surface area contributed by atoms with E-state index in [0.717, 1.165) is 47.4 Å². The number of aromatic amines is 1. The number of thiazole rings is 1. The maximum absolute atomic E-state index is 12.8. The van der Waals surface area contributed by atoms with Gasteiger partial charge in [-0.05, 0) is 31.0 Å². The first kappa shape index (κ1) is 13.5. The average molecular weight is 312 g/mol. The lowest BCUT2D eigenvalue weighted by molar-refractivity contribution is 0.0745. The average Bonchev–Trinajstić information content (AvgIpc) is 3.04. The van der Waals surface area contributed by atoms with Gasteiger partial charge >= 0.3 is 0 Å². The van der Waals surface area contributed by atoms with Gasteiger partial charge in [-0.3, -0.25) is 4.79 Å². The molecule has 1 aromatic carbocycles. The van der Waals surface area contributed by atoms with E-state index in [1.54, 1.807) is 17.7 Å². The Kier molecular flexibility index (Phi) is 3.38. The Balaban J connectivity index is 1.54. The van der Waals surface area contributed by atoms with Crippen LogP contribution in [0.4, 0.5) is 0 Å². The Morgan fingerprint density at radius 1 is 1.36 bits per heavy atom. The number of amides is 1. The summed E-state index contributed by atoms with van der Waals surface area (Å²) in [7, 11) is 0. The predicted octanol–water partition coefficient (Wildman–Crippen LogP) is 2.87. The Labute approximate surface area is 132 Å². The van der Waals surface area contributed by atoms with Crippen LogP contribution in [-0.2, 0) is 6.42 Å². The molecule has 1 N–H and O–H groups in total. The van der Waals surface area contributed by atoms with Gasteiger partial charge in [0.2, 0.25) is 0 Å². The van der Waals surface area contributed by atoms with Crippen molar-refractivity contribution >= 4 is 28.3 Å². The molecule has 2 heterocycles. The van der Waals surface area contributed by atoms with Crippen LogP contribution in [0.2, 0.25) is 0 Å². The number of aromatic nitrogens is 3. The highest BCUT2D eigenvalue weighted by Gasteiger charge is 2.32. The molecule has 0 saturated heterocycles. The number of benzene rings is 1. The molecule has 3 aromatic rings. The molecule has 112 valence electrons. The number of carbonyl (C=O) groups is 1. The molecular formula is C16H16N4OS. The summed E-state index contributed by atoms with van der Waals surface area (Å²) in [5.41, 5.74) is 2.52. The third kappa shape index (κ3) is 2.62. The van der Waals surface area contributed by atoms with Gasteiger partial charge in [-0.25, -0.2) is 9.97 Å². The fourth-order valence-corrected chi connectivity index (χ4v) is 3.27. The zero-order valence-electron chi connectivity index (χ0n) is 12.0. The van der Waals surface area contributed by atoms with Crippen molar-refractivity contribution in [2.45, 2.75) is 25.3 Å². The fraction of sp³-hybridized carbons (Fsp3) is 0.312. The van der Waals surface area contributed by atoms with Crippen molar-refractivity contribution in [2.24, 2.45) is 0 Å². The molecule has 0 spiro atoms. The van der Waals surface area contributed by atoms with Gasteiger partial charge in [0, 0.05) is 36.1 Å². The molecule has 2 aromatic heterocycles. The molecule has 0 bridgehead atoms. The lowest BCUT2D eigenvalue weighted by Gasteiger charge is -2.22. The largest absolute Gasteiger partial charge is 0.345 e. The molecule has 0 aliphatic heterocycles. The Morgan fingerprint density at radius 2 is 2.27 bits per heavy atom. The first-order valence-electron chi connectivity index (χ1n) is 7.44.